The zero-order valence-electron chi connectivity index (χ0n) is 8.54. The number of tetrazole rings is 1. The van der Waals surface area contributed by atoms with Crippen LogP contribution < -0.4 is 0 Å². The summed E-state index contributed by atoms with van der Waals surface area (Å²) in [5, 5.41) is 19.2. The Morgan fingerprint density at radius 1 is 1.38 bits per heavy atom. The van der Waals surface area contributed by atoms with Crippen LogP contribution in [0.3, 0.4) is 0 Å². The van der Waals surface area contributed by atoms with Crippen LogP contribution in [0, 0.1) is 5.82 Å². The maximum atomic E-state index is 13.2. The van der Waals surface area contributed by atoms with Gasteiger partial charge in [0.25, 0.3) is 0 Å². The second-order valence-electron chi connectivity index (χ2n) is 2.69. The van der Waals surface area contributed by atoms with Crippen LogP contribution in [0.25, 0.3) is 5.69 Å². The monoisotopic (exact) mass is 222 g/mol. The molecule has 0 amide bonds. The lowest BCUT2D eigenvalue weighted by Gasteiger charge is -2.02. The molecule has 0 spiro atoms. The fourth-order valence-corrected chi connectivity index (χ4v) is 1.09. The van der Waals surface area contributed by atoms with Gasteiger partial charge in [-0.1, -0.05) is 6.07 Å². The molecule has 0 saturated carbocycles. The van der Waals surface area contributed by atoms with Crippen molar-refractivity contribution < 1.29 is 9.50 Å². The van der Waals surface area contributed by atoms with E-state index in [-0.39, 0.29) is 12.2 Å². The van der Waals surface area contributed by atoms with E-state index in [1.54, 1.807) is 6.07 Å². The van der Waals surface area contributed by atoms with Gasteiger partial charge in [0.05, 0.1) is 12.3 Å². The number of aliphatic hydroxyl groups excluding tert-OH is 1. The minimum absolute atomic E-state index is 0.252. The molecular weight excluding hydrogens is 211 g/mol. The summed E-state index contributed by atoms with van der Waals surface area (Å²) in [7, 11) is 0. The Balaban J connectivity index is 0.000000606. The zero-order chi connectivity index (χ0) is 12.0. The van der Waals surface area contributed by atoms with Crippen LogP contribution in [0.1, 0.15) is 5.56 Å². The Morgan fingerprint density at radius 3 is 2.62 bits per heavy atom. The smallest absolute Gasteiger partial charge is 0.143 e. The predicted molar refractivity (Wildman–Crippen MR) is 56.3 cm³/mol. The van der Waals surface area contributed by atoms with E-state index in [0.717, 1.165) is 0 Å². The van der Waals surface area contributed by atoms with Crippen molar-refractivity contribution in [1.82, 2.24) is 20.2 Å². The molecule has 6 heteroatoms. The minimum atomic E-state index is -0.472. The molecule has 0 fully saturated rings. The second kappa shape index (κ2) is 5.72. The predicted octanol–water partition coefficient (Wildman–Crippen LogP) is 1.10. The summed E-state index contributed by atoms with van der Waals surface area (Å²) in [5.41, 5.74) is 0.770. The van der Waals surface area contributed by atoms with Crippen molar-refractivity contribution in [2.24, 2.45) is 0 Å². The Hall–Kier alpha value is -2.08. The van der Waals surface area contributed by atoms with Crippen molar-refractivity contribution in [1.29, 1.82) is 0 Å². The third-order valence-electron chi connectivity index (χ3n) is 1.82. The van der Waals surface area contributed by atoms with Gasteiger partial charge < -0.3 is 5.11 Å². The third kappa shape index (κ3) is 2.48. The molecule has 16 heavy (non-hydrogen) atoms. The maximum absolute atomic E-state index is 13.2. The second-order valence-corrected chi connectivity index (χ2v) is 2.69. The molecule has 0 saturated heterocycles. The largest absolute Gasteiger partial charge is 0.392 e. The van der Waals surface area contributed by atoms with Crippen LogP contribution in [0.5, 0.6) is 0 Å². The number of rotatable bonds is 2. The summed E-state index contributed by atoms with van der Waals surface area (Å²) in [6, 6.07) is 4.39. The summed E-state index contributed by atoms with van der Waals surface area (Å²) in [5.74, 6) is -0.472. The van der Waals surface area contributed by atoms with Crippen molar-refractivity contribution in [2.45, 2.75) is 6.61 Å². The molecular formula is C10H11FN4O. The Bertz CT molecular complexity index is 444. The molecule has 1 aromatic carbocycles. The normalized spacial score (nSPS) is 9.38. The van der Waals surface area contributed by atoms with Crippen LogP contribution in [-0.2, 0) is 6.61 Å². The molecule has 0 bridgehead atoms. The molecule has 0 unspecified atom stereocenters. The maximum Gasteiger partial charge on any atom is 0.143 e. The van der Waals surface area contributed by atoms with Gasteiger partial charge in [0.15, 0.2) is 0 Å². The molecule has 2 rings (SSSR count). The number of nitrogens with zero attached hydrogens (tertiary/aromatic N) is 4. The van der Waals surface area contributed by atoms with Gasteiger partial charge in [-0.05, 0) is 16.5 Å². The van der Waals surface area contributed by atoms with E-state index in [9.17, 15) is 4.39 Å². The minimum Gasteiger partial charge on any atom is -0.392 e. The first-order valence-corrected chi connectivity index (χ1v) is 4.44. The molecule has 5 nitrogen and oxygen atoms in total. The zero-order valence-corrected chi connectivity index (χ0v) is 8.54. The van der Waals surface area contributed by atoms with Crippen LogP contribution in [-0.4, -0.2) is 25.3 Å². The Kier molecular flexibility index (Phi) is 4.28. The van der Waals surface area contributed by atoms with Crippen molar-refractivity contribution >= 4 is 0 Å². The lowest BCUT2D eigenvalue weighted by atomic mass is 10.2. The summed E-state index contributed by atoms with van der Waals surface area (Å²) in [6.07, 6.45) is 1.37. The molecule has 0 aliphatic carbocycles. The lowest BCUT2D eigenvalue weighted by molar-refractivity contribution is 0.275. The van der Waals surface area contributed by atoms with Crippen LogP contribution >= 0.6 is 0 Å². The summed E-state index contributed by atoms with van der Waals surface area (Å²) in [4.78, 5) is 0. The molecule has 1 N–H and O–H groups in total. The highest BCUT2D eigenvalue weighted by Crippen LogP contribution is 2.12. The number of hydrogen-bond acceptors (Lipinski definition) is 4. The van der Waals surface area contributed by atoms with Gasteiger partial charge in [-0.3, -0.25) is 0 Å². The van der Waals surface area contributed by atoms with E-state index in [1.165, 1.54) is 23.1 Å². The average Bonchev–Trinajstić information content (AvgIpc) is 2.85. The van der Waals surface area contributed by atoms with Crippen molar-refractivity contribution in [3.05, 3.63) is 49.1 Å². The van der Waals surface area contributed by atoms with E-state index in [4.69, 9.17) is 5.11 Å². The van der Waals surface area contributed by atoms with Gasteiger partial charge in [0, 0.05) is 11.6 Å². The summed E-state index contributed by atoms with van der Waals surface area (Å²) < 4.78 is 14.5. The Labute approximate surface area is 91.8 Å². The molecule has 1 heterocycles. The van der Waals surface area contributed by atoms with Crippen molar-refractivity contribution in [3.63, 3.8) is 0 Å². The first-order chi connectivity index (χ1) is 7.81. The van der Waals surface area contributed by atoms with Gasteiger partial charge in [-0.25, -0.2) is 9.07 Å². The Morgan fingerprint density at radius 2 is 2.12 bits per heavy atom. The molecule has 84 valence electrons. The standard InChI is InChI=1S/C8H7FN4O.C2H4/c9-8-3-7(2-1-6(8)4-14)13-5-10-11-12-13;1-2/h1-3,5,14H,4H2;1-2H2. The van der Waals surface area contributed by atoms with E-state index >= 15 is 0 Å². The number of aliphatic hydroxyl groups is 1. The molecule has 0 atom stereocenters. The fourth-order valence-electron chi connectivity index (χ4n) is 1.09. The lowest BCUT2D eigenvalue weighted by Crippen LogP contribution is -1.98. The van der Waals surface area contributed by atoms with E-state index in [1.807, 2.05) is 0 Å². The van der Waals surface area contributed by atoms with Gasteiger partial charge in [0.1, 0.15) is 12.1 Å². The first-order valence-electron chi connectivity index (χ1n) is 4.44. The van der Waals surface area contributed by atoms with Gasteiger partial charge >= 0.3 is 0 Å². The SMILES string of the molecule is C=C.OCc1ccc(-n2cnnn2)cc1F. The quantitative estimate of drug-likeness (QED) is 0.773. The van der Waals surface area contributed by atoms with E-state index in [0.29, 0.717) is 5.69 Å². The molecule has 0 radical (unpaired) electrons. The van der Waals surface area contributed by atoms with Gasteiger partial charge in [-0.15, -0.1) is 18.3 Å². The number of benzene rings is 1. The molecule has 0 aliphatic rings. The van der Waals surface area contributed by atoms with Gasteiger partial charge in [0.2, 0.25) is 0 Å². The average molecular weight is 222 g/mol. The van der Waals surface area contributed by atoms with Crippen LogP contribution in [0.4, 0.5) is 4.39 Å². The number of aromatic nitrogens is 4. The highest BCUT2D eigenvalue weighted by atomic mass is 19.1. The van der Waals surface area contributed by atoms with Crippen LogP contribution in [0.15, 0.2) is 37.7 Å². The van der Waals surface area contributed by atoms with E-state index < -0.39 is 5.82 Å². The molecule has 1 aromatic heterocycles. The van der Waals surface area contributed by atoms with Gasteiger partial charge in [-0.2, -0.15) is 0 Å². The highest BCUT2D eigenvalue weighted by Gasteiger charge is 2.04. The first kappa shape index (κ1) is 12.0. The summed E-state index contributed by atoms with van der Waals surface area (Å²) >= 11 is 0. The van der Waals surface area contributed by atoms with Crippen molar-refractivity contribution in [3.8, 4) is 5.69 Å². The van der Waals surface area contributed by atoms with Crippen LogP contribution in [0.2, 0.25) is 0 Å². The highest BCUT2D eigenvalue weighted by molar-refractivity contribution is 5.34. The number of hydrogen-bond donors (Lipinski definition) is 1. The van der Waals surface area contributed by atoms with Crippen molar-refractivity contribution in [2.75, 3.05) is 0 Å². The third-order valence-corrected chi connectivity index (χ3v) is 1.82. The summed E-state index contributed by atoms with van der Waals surface area (Å²) in [6.45, 7) is 5.68. The molecule has 0 aliphatic heterocycles. The fraction of sp³-hybridized carbons (Fsp3) is 0.100. The number of halogens is 1. The topological polar surface area (TPSA) is 63.8 Å². The van der Waals surface area contributed by atoms with E-state index in [2.05, 4.69) is 28.7 Å². The molecule has 2 aromatic rings.